The van der Waals surface area contributed by atoms with Crippen molar-refractivity contribution in [2.24, 2.45) is 0 Å². The van der Waals surface area contributed by atoms with Gasteiger partial charge >= 0.3 is 0 Å². The zero-order chi connectivity index (χ0) is 19.3. The molecule has 28 heavy (non-hydrogen) atoms. The molecule has 4 nitrogen and oxygen atoms in total. The van der Waals surface area contributed by atoms with Crippen LogP contribution in [-0.2, 0) is 19.4 Å². The van der Waals surface area contributed by atoms with E-state index in [1.54, 1.807) is 7.11 Å². The summed E-state index contributed by atoms with van der Waals surface area (Å²) in [5, 5.41) is 4.59. The van der Waals surface area contributed by atoms with Crippen molar-refractivity contribution in [3.63, 3.8) is 0 Å². The van der Waals surface area contributed by atoms with E-state index >= 15 is 0 Å². The SMILES string of the molecule is COc1cccc2ccc(CCc3ccccc3NCc3cnc(Cl)s3)nc12. The van der Waals surface area contributed by atoms with Gasteiger partial charge in [-0.05, 0) is 36.6 Å². The lowest BCUT2D eigenvalue weighted by Gasteiger charge is -2.12. The standard InChI is InChI=1S/C22H20ClN3OS/c1-27-20-8-4-6-16-10-12-17(26-21(16)20)11-9-15-5-2-3-7-19(15)24-13-18-14-25-22(23)28-18/h2-8,10,12,14,24H,9,11,13H2,1H3. The summed E-state index contributed by atoms with van der Waals surface area (Å²) in [5.74, 6) is 0.810. The van der Waals surface area contributed by atoms with Gasteiger partial charge in [0.1, 0.15) is 11.3 Å². The van der Waals surface area contributed by atoms with Gasteiger partial charge in [0.05, 0.1) is 13.7 Å². The summed E-state index contributed by atoms with van der Waals surface area (Å²) in [7, 11) is 1.68. The number of nitrogens with zero attached hydrogens (tertiary/aromatic N) is 2. The molecule has 1 N–H and O–H groups in total. The predicted octanol–water partition coefficient (Wildman–Crippen LogP) is 5.75. The number of rotatable bonds is 7. The fourth-order valence-corrected chi connectivity index (χ4v) is 4.10. The van der Waals surface area contributed by atoms with E-state index in [1.807, 2.05) is 24.4 Å². The number of benzene rings is 2. The van der Waals surface area contributed by atoms with Crippen molar-refractivity contribution >= 4 is 39.5 Å². The van der Waals surface area contributed by atoms with Gasteiger partial charge in [-0.1, -0.05) is 48.0 Å². The molecule has 0 fully saturated rings. The first-order valence-corrected chi connectivity index (χ1v) is 10.3. The van der Waals surface area contributed by atoms with Crippen LogP contribution in [0.2, 0.25) is 4.47 Å². The highest BCUT2D eigenvalue weighted by atomic mass is 35.5. The number of para-hydroxylation sites is 2. The van der Waals surface area contributed by atoms with E-state index < -0.39 is 0 Å². The predicted molar refractivity (Wildman–Crippen MR) is 117 cm³/mol. The lowest BCUT2D eigenvalue weighted by Crippen LogP contribution is -2.03. The molecule has 0 atom stereocenters. The summed E-state index contributed by atoms with van der Waals surface area (Å²) in [4.78, 5) is 10.0. The minimum Gasteiger partial charge on any atom is -0.494 e. The number of fused-ring (bicyclic) bond motifs is 1. The number of thiazole rings is 1. The third-order valence-corrected chi connectivity index (χ3v) is 5.72. The quantitative estimate of drug-likeness (QED) is 0.422. The summed E-state index contributed by atoms with van der Waals surface area (Å²) in [5.41, 5.74) is 4.36. The lowest BCUT2D eigenvalue weighted by molar-refractivity contribution is 0.419. The third-order valence-electron chi connectivity index (χ3n) is 4.61. The lowest BCUT2D eigenvalue weighted by atomic mass is 10.0. The molecule has 0 spiro atoms. The maximum absolute atomic E-state index is 5.92. The van der Waals surface area contributed by atoms with Gasteiger partial charge in [0.25, 0.3) is 0 Å². The molecular weight excluding hydrogens is 390 g/mol. The maximum Gasteiger partial charge on any atom is 0.183 e. The number of ether oxygens (including phenoxy) is 1. The molecule has 2 aromatic heterocycles. The van der Waals surface area contributed by atoms with E-state index in [4.69, 9.17) is 21.3 Å². The summed E-state index contributed by atoms with van der Waals surface area (Å²) < 4.78 is 6.03. The van der Waals surface area contributed by atoms with Crippen molar-refractivity contribution in [3.8, 4) is 5.75 Å². The van der Waals surface area contributed by atoms with Crippen molar-refractivity contribution < 1.29 is 4.74 Å². The number of nitrogens with one attached hydrogen (secondary N) is 1. The Morgan fingerprint density at radius 2 is 1.93 bits per heavy atom. The molecule has 0 unspecified atom stereocenters. The molecule has 2 heterocycles. The van der Waals surface area contributed by atoms with Crippen LogP contribution in [0.3, 0.4) is 0 Å². The summed E-state index contributed by atoms with van der Waals surface area (Å²) in [6, 6.07) is 18.6. The molecule has 2 aromatic carbocycles. The van der Waals surface area contributed by atoms with Crippen LogP contribution >= 0.6 is 22.9 Å². The smallest absolute Gasteiger partial charge is 0.183 e. The molecule has 0 saturated carbocycles. The second kappa shape index (κ2) is 8.59. The third kappa shape index (κ3) is 4.26. The molecule has 0 saturated heterocycles. The molecule has 0 amide bonds. The fourth-order valence-electron chi connectivity index (χ4n) is 3.19. The highest BCUT2D eigenvalue weighted by molar-refractivity contribution is 7.15. The van der Waals surface area contributed by atoms with Crippen molar-refractivity contribution in [1.29, 1.82) is 0 Å². The number of anilines is 1. The van der Waals surface area contributed by atoms with Gasteiger partial charge in [0, 0.05) is 27.8 Å². The number of aryl methyl sites for hydroxylation is 2. The Kier molecular flexibility index (Phi) is 5.74. The van der Waals surface area contributed by atoms with E-state index in [1.165, 1.54) is 16.9 Å². The van der Waals surface area contributed by atoms with Gasteiger partial charge in [-0.15, -0.1) is 11.3 Å². The number of hydrogen-bond donors (Lipinski definition) is 1. The Morgan fingerprint density at radius 3 is 2.75 bits per heavy atom. The molecule has 0 radical (unpaired) electrons. The highest BCUT2D eigenvalue weighted by Crippen LogP contribution is 2.25. The normalized spacial score (nSPS) is 10.9. The van der Waals surface area contributed by atoms with Crippen molar-refractivity contribution in [2.45, 2.75) is 19.4 Å². The van der Waals surface area contributed by atoms with Crippen molar-refractivity contribution in [3.05, 3.63) is 81.4 Å². The highest BCUT2D eigenvalue weighted by Gasteiger charge is 2.07. The Bertz CT molecular complexity index is 1100. The van der Waals surface area contributed by atoms with Crippen LogP contribution in [0.5, 0.6) is 5.75 Å². The molecule has 0 aliphatic rings. The summed E-state index contributed by atoms with van der Waals surface area (Å²) in [6.07, 6.45) is 3.58. The molecule has 6 heteroatoms. The summed E-state index contributed by atoms with van der Waals surface area (Å²) >= 11 is 7.42. The number of methoxy groups -OCH3 is 1. The first kappa shape index (κ1) is 18.7. The number of hydrogen-bond acceptors (Lipinski definition) is 5. The van der Waals surface area contributed by atoms with Gasteiger partial charge in [-0.25, -0.2) is 9.97 Å². The van der Waals surface area contributed by atoms with E-state index in [-0.39, 0.29) is 0 Å². The maximum atomic E-state index is 5.92. The van der Waals surface area contributed by atoms with Crippen LogP contribution in [0.1, 0.15) is 16.1 Å². The van der Waals surface area contributed by atoms with Crippen LogP contribution in [-0.4, -0.2) is 17.1 Å². The van der Waals surface area contributed by atoms with Crippen LogP contribution in [0.4, 0.5) is 5.69 Å². The van der Waals surface area contributed by atoms with Crippen molar-refractivity contribution in [1.82, 2.24) is 9.97 Å². The fraction of sp³-hybridized carbons (Fsp3) is 0.182. The molecule has 142 valence electrons. The van der Waals surface area contributed by atoms with Gasteiger partial charge in [-0.2, -0.15) is 0 Å². The average molecular weight is 410 g/mol. The van der Waals surface area contributed by atoms with E-state index in [2.05, 4.69) is 46.7 Å². The van der Waals surface area contributed by atoms with E-state index in [9.17, 15) is 0 Å². The number of pyridine rings is 1. The first-order valence-electron chi connectivity index (χ1n) is 9.07. The second-order valence-corrected chi connectivity index (χ2v) is 8.12. The minimum absolute atomic E-state index is 0.572. The zero-order valence-corrected chi connectivity index (χ0v) is 17.1. The first-order chi connectivity index (χ1) is 13.7. The number of aromatic nitrogens is 2. The van der Waals surface area contributed by atoms with Gasteiger partial charge < -0.3 is 10.1 Å². The zero-order valence-electron chi connectivity index (χ0n) is 15.5. The minimum atomic E-state index is 0.572. The number of halogens is 1. The Hall–Kier alpha value is -2.63. The van der Waals surface area contributed by atoms with Gasteiger partial charge in [-0.3, -0.25) is 0 Å². The van der Waals surface area contributed by atoms with Gasteiger partial charge in [0.15, 0.2) is 4.47 Å². The van der Waals surface area contributed by atoms with E-state index in [0.29, 0.717) is 11.0 Å². The van der Waals surface area contributed by atoms with Crippen LogP contribution < -0.4 is 10.1 Å². The Balaban J connectivity index is 1.48. The van der Waals surface area contributed by atoms with Crippen LogP contribution in [0.15, 0.2) is 60.8 Å². The van der Waals surface area contributed by atoms with Crippen molar-refractivity contribution in [2.75, 3.05) is 12.4 Å². The van der Waals surface area contributed by atoms with Crippen LogP contribution in [0, 0.1) is 0 Å². The van der Waals surface area contributed by atoms with Gasteiger partial charge in [0.2, 0.25) is 0 Å². The largest absolute Gasteiger partial charge is 0.494 e. The second-order valence-electron chi connectivity index (χ2n) is 6.42. The van der Waals surface area contributed by atoms with E-state index in [0.717, 1.165) is 45.8 Å². The Labute approximate surface area is 173 Å². The monoisotopic (exact) mass is 409 g/mol. The molecule has 0 aliphatic heterocycles. The molecule has 0 aliphatic carbocycles. The molecule has 4 rings (SSSR count). The van der Waals surface area contributed by atoms with Crippen LogP contribution in [0.25, 0.3) is 10.9 Å². The summed E-state index contributed by atoms with van der Waals surface area (Å²) in [6.45, 7) is 0.715. The molecular formula is C22H20ClN3OS. The molecule has 4 aromatic rings. The Morgan fingerprint density at radius 1 is 1.04 bits per heavy atom. The topological polar surface area (TPSA) is 47.0 Å². The average Bonchev–Trinajstić information content (AvgIpc) is 3.15. The molecule has 0 bridgehead atoms.